The zero-order chi connectivity index (χ0) is 13.5. The van der Waals surface area contributed by atoms with Crippen LogP contribution in [0.4, 0.5) is 0 Å². The van der Waals surface area contributed by atoms with E-state index in [0.29, 0.717) is 24.3 Å². The van der Waals surface area contributed by atoms with Crippen LogP contribution in [0.2, 0.25) is 0 Å². The Hall–Kier alpha value is -1.21. The lowest BCUT2D eigenvalue weighted by molar-refractivity contribution is 0.118. The Labute approximate surface area is 110 Å². The lowest BCUT2D eigenvalue weighted by Gasteiger charge is -2.42. The average molecular weight is 248 g/mol. The minimum absolute atomic E-state index is 0.170. The van der Waals surface area contributed by atoms with Gasteiger partial charge in [0.05, 0.1) is 12.1 Å². The lowest BCUT2D eigenvalue weighted by Crippen LogP contribution is -2.42. The Morgan fingerprint density at radius 3 is 2.94 bits per heavy atom. The summed E-state index contributed by atoms with van der Waals surface area (Å²) in [6.07, 6.45) is 5.69. The highest BCUT2D eigenvalue weighted by Gasteiger charge is 2.39. The van der Waals surface area contributed by atoms with Gasteiger partial charge in [-0.05, 0) is 45.7 Å². The van der Waals surface area contributed by atoms with Crippen molar-refractivity contribution < 1.29 is 0 Å². The number of nitrogens with one attached hydrogen (secondary N) is 1. The monoisotopic (exact) mass is 248 g/mol. The van der Waals surface area contributed by atoms with Gasteiger partial charge in [0.2, 0.25) is 0 Å². The van der Waals surface area contributed by atoms with Crippen LogP contribution < -0.4 is 0 Å². The van der Waals surface area contributed by atoms with Crippen LogP contribution in [0.5, 0.6) is 0 Å². The molecule has 1 fully saturated rings. The summed E-state index contributed by atoms with van der Waals surface area (Å²) in [5.41, 5.74) is 7.10. The second kappa shape index (κ2) is 7.27. The normalized spacial score (nSPS) is 28.2. The van der Waals surface area contributed by atoms with Crippen molar-refractivity contribution in [3.63, 3.8) is 0 Å². The number of rotatable bonds is 8. The van der Waals surface area contributed by atoms with Crippen LogP contribution in [0.3, 0.4) is 0 Å². The molecule has 100 valence electrons. The van der Waals surface area contributed by atoms with Gasteiger partial charge in [-0.15, -0.1) is 6.58 Å². The van der Waals surface area contributed by atoms with Crippen LogP contribution in [0.1, 0.15) is 32.6 Å². The highest BCUT2D eigenvalue weighted by Crippen LogP contribution is 2.41. The van der Waals surface area contributed by atoms with Crippen molar-refractivity contribution in [1.29, 1.82) is 10.8 Å². The summed E-state index contributed by atoms with van der Waals surface area (Å²) in [6.45, 7) is 7.06. The molecule has 4 heteroatoms. The predicted octanol–water partition coefficient (Wildman–Crippen LogP) is 3.22. The van der Waals surface area contributed by atoms with Gasteiger partial charge >= 0.3 is 0 Å². The number of hydrogen-bond acceptors (Lipinski definition) is 4. The first-order valence-electron chi connectivity index (χ1n) is 6.70. The molecule has 0 heterocycles. The molecule has 1 aliphatic carbocycles. The number of nitriles is 1. The zero-order valence-corrected chi connectivity index (χ0v) is 11.5. The largest absolute Gasteiger partial charge is 0.304 e. The number of hydrogen-bond donors (Lipinski definition) is 1. The van der Waals surface area contributed by atoms with Crippen LogP contribution in [-0.2, 0) is 0 Å². The molecule has 0 aromatic heterocycles. The smallest absolute Gasteiger partial charge is 0.0773 e. The third kappa shape index (κ3) is 3.64. The van der Waals surface area contributed by atoms with Crippen molar-refractivity contribution in [2.24, 2.45) is 17.0 Å². The van der Waals surface area contributed by atoms with E-state index in [2.05, 4.69) is 36.6 Å². The Morgan fingerprint density at radius 2 is 2.39 bits per heavy atom. The molecule has 0 amide bonds. The zero-order valence-electron chi connectivity index (χ0n) is 11.5. The van der Waals surface area contributed by atoms with E-state index < -0.39 is 0 Å². The van der Waals surface area contributed by atoms with Gasteiger partial charge in [-0.1, -0.05) is 6.08 Å². The summed E-state index contributed by atoms with van der Waals surface area (Å²) in [4.78, 5) is 2.32. The fourth-order valence-corrected chi connectivity index (χ4v) is 2.73. The number of nitrogens with zero attached hydrogens (tertiary/aromatic N) is 3. The molecule has 4 nitrogen and oxygen atoms in total. The van der Waals surface area contributed by atoms with E-state index in [1.165, 1.54) is 0 Å². The van der Waals surface area contributed by atoms with Crippen molar-refractivity contribution in [2.45, 2.75) is 44.7 Å². The van der Waals surface area contributed by atoms with E-state index in [1.54, 1.807) is 0 Å². The summed E-state index contributed by atoms with van der Waals surface area (Å²) >= 11 is 0. The standard InChI is InChI=1S/C14H24N4/c1-4-13-12(10-14(13)17-16)9-11(2)18(3)8-6-5-7-15/h4,11-14,16H,1,5-6,8-10H2,2-3H3/t11-,12-,13?,14?/m1/s1. The minimum Gasteiger partial charge on any atom is -0.304 e. The number of unbranched alkanes of at least 4 members (excludes halogenated alkanes) is 1. The van der Waals surface area contributed by atoms with Crippen LogP contribution in [0.25, 0.3) is 0 Å². The van der Waals surface area contributed by atoms with Gasteiger partial charge in [0, 0.05) is 18.4 Å². The van der Waals surface area contributed by atoms with Crippen LogP contribution in [-0.4, -0.2) is 30.6 Å². The van der Waals surface area contributed by atoms with E-state index in [0.717, 1.165) is 25.8 Å². The van der Waals surface area contributed by atoms with Crippen molar-refractivity contribution >= 4 is 0 Å². The fourth-order valence-electron chi connectivity index (χ4n) is 2.73. The quantitative estimate of drug-likeness (QED) is 0.407. The molecule has 0 aliphatic heterocycles. The first kappa shape index (κ1) is 14.8. The van der Waals surface area contributed by atoms with E-state index in [9.17, 15) is 0 Å². The van der Waals surface area contributed by atoms with Crippen LogP contribution >= 0.6 is 0 Å². The highest BCUT2D eigenvalue weighted by atomic mass is 15.1. The van der Waals surface area contributed by atoms with Crippen molar-refractivity contribution in [3.05, 3.63) is 12.7 Å². The Balaban J connectivity index is 2.32. The van der Waals surface area contributed by atoms with Gasteiger partial charge in [0.25, 0.3) is 0 Å². The minimum atomic E-state index is 0.170. The van der Waals surface area contributed by atoms with E-state index in [1.807, 2.05) is 6.08 Å². The molecule has 2 unspecified atom stereocenters. The Morgan fingerprint density at radius 1 is 1.67 bits per heavy atom. The Kier molecular flexibility index (Phi) is 6.00. The van der Waals surface area contributed by atoms with Crippen LogP contribution in [0.15, 0.2) is 17.8 Å². The lowest BCUT2D eigenvalue weighted by atomic mass is 9.67. The molecule has 4 atom stereocenters. The molecule has 0 bridgehead atoms. The van der Waals surface area contributed by atoms with E-state index >= 15 is 0 Å². The van der Waals surface area contributed by atoms with Gasteiger partial charge in [-0.25, -0.2) is 5.53 Å². The van der Waals surface area contributed by atoms with Crippen molar-refractivity contribution in [3.8, 4) is 6.07 Å². The van der Waals surface area contributed by atoms with Crippen LogP contribution in [0, 0.1) is 28.7 Å². The summed E-state index contributed by atoms with van der Waals surface area (Å²) in [7, 11) is 2.12. The second-order valence-electron chi connectivity index (χ2n) is 5.33. The van der Waals surface area contributed by atoms with Gasteiger partial charge in [-0.2, -0.15) is 10.4 Å². The molecule has 0 radical (unpaired) electrons. The molecule has 1 saturated carbocycles. The molecule has 1 N–H and O–H groups in total. The van der Waals surface area contributed by atoms with Crippen molar-refractivity contribution in [1.82, 2.24) is 4.90 Å². The average Bonchev–Trinajstić information content (AvgIpc) is 2.34. The van der Waals surface area contributed by atoms with Gasteiger partial charge < -0.3 is 4.90 Å². The van der Waals surface area contributed by atoms with E-state index in [-0.39, 0.29) is 6.04 Å². The SMILES string of the molecule is C=CC1C(N=N)C[C@H]1C[C@@H](C)N(C)CCCC#N. The molecule has 1 rings (SSSR count). The molecule has 18 heavy (non-hydrogen) atoms. The van der Waals surface area contributed by atoms with Gasteiger partial charge in [0.15, 0.2) is 0 Å². The first-order chi connectivity index (χ1) is 8.63. The summed E-state index contributed by atoms with van der Waals surface area (Å²) in [6, 6.07) is 2.87. The Bertz CT molecular complexity index is 320. The summed E-state index contributed by atoms with van der Waals surface area (Å²) < 4.78 is 0. The molecule has 0 aromatic rings. The third-order valence-corrected chi connectivity index (χ3v) is 4.17. The summed E-state index contributed by atoms with van der Waals surface area (Å²) in [5, 5.41) is 12.2. The summed E-state index contributed by atoms with van der Waals surface area (Å²) in [5.74, 6) is 1.01. The van der Waals surface area contributed by atoms with Gasteiger partial charge in [0.1, 0.15) is 0 Å². The maximum Gasteiger partial charge on any atom is 0.0773 e. The maximum absolute atomic E-state index is 8.53. The van der Waals surface area contributed by atoms with E-state index in [4.69, 9.17) is 10.8 Å². The predicted molar refractivity (Wildman–Crippen MR) is 72.3 cm³/mol. The molecule has 0 aromatic carbocycles. The molecule has 1 aliphatic rings. The highest BCUT2D eigenvalue weighted by molar-refractivity contribution is 5.02. The topological polar surface area (TPSA) is 63.2 Å². The van der Waals surface area contributed by atoms with Crippen molar-refractivity contribution in [2.75, 3.05) is 13.6 Å². The second-order valence-corrected chi connectivity index (χ2v) is 5.33. The molecule has 0 saturated heterocycles. The fraction of sp³-hybridized carbons (Fsp3) is 0.786. The maximum atomic E-state index is 8.53. The third-order valence-electron chi connectivity index (χ3n) is 4.17. The first-order valence-corrected chi connectivity index (χ1v) is 6.70. The molecular formula is C14H24N4. The molecular weight excluding hydrogens is 224 g/mol. The molecule has 0 spiro atoms. The van der Waals surface area contributed by atoms with Gasteiger partial charge in [-0.3, -0.25) is 0 Å².